The Morgan fingerprint density at radius 3 is 1.58 bits per heavy atom. The first-order valence-electron chi connectivity index (χ1n) is 15.3. The fraction of sp³-hybridized carbons (Fsp3) is 0.429. The van der Waals surface area contributed by atoms with E-state index in [-0.39, 0.29) is 52.6 Å². The van der Waals surface area contributed by atoms with Gasteiger partial charge in [-0.3, -0.25) is 9.59 Å². The van der Waals surface area contributed by atoms with Crippen LogP contribution in [0.3, 0.4) is 0 Å². The molecule has 0 atom stereocenters. The molecule has 0 amide bonds. The molecule has 0 spiro atoms. The zero-order chi connectivity index (χ0) is 30.8. The molecule has 228 valence electrons. The lowest BCUT2D eigenvalue weighted by Gasteiger charge is -2.29. The molecule has 0 unspecified atom stereocenters. The standard InChI is InChI=1S/C35H40O8/c1-4-6-8-10-14-20-40-34(38)42-32-26-17-13-12-16-24(26)30(36)29-28(32)31(37)25-19-18-23(3)22-27(25)33(29)43-35(39)41-21-15-11-9-7-5-2/h12-13,16-19,22H,4-11,14-15,20-21H2,1-3H3. The average molecular weight is 589 g/mol. The first-order valence-corrected chi connectivity index (χ1v) is 15.3. The zero-order valence-corrected chi connectivity index (χ0v) is 25.3. The predicted octanol–water partition coefficient (Wildman–Crippen LogP) is 8.76. The van der Waals surface area contributed by atoms with Crippen molar-refractivity contribution in [3.8, 4) is 0 Å². The molecular weight excluding hydrogens is 548 g/mol. The molecule has 0 saturated carbocycles. The summed E-state index contributed by atoms with van der Waals surface area (Å²) in [4.78, 5) is 53.6. The number of Topliss-reactive ketones (excluding diaryl/α,β-unsaturated/α-hetero) is 2. The van der Waals surface area contributed by atoms with Crippen LogP contribution in [-0.2, 0) is 18.9 Å². The number of fused-ring (bicyclic) bond motifs is 3. The van der Waals surface area contributed by atoms with E-state index in [1.165, 1.54) is 0 Å². The molecule has 0 radical (unpaired) electrons. The van der Waals surface area contributed by atoms with E-state index >= 15 is 0 Å². The van der Waals surface area contributed by atoms with Gasteiger partial charge in [-0.05, 0) is 25.8 Å². The van der Waals surface area contributed by atoms with Crippen molar-refractivity contribution in [2.45, 2.75) is 85.0 Å². The molecule has 8 nitrogen and oxygen atoms in total. The van der Waals surface area contributed by atoms with Gasteiger partial charge >= 0.3 is 12.3 Å². The van der Waals surface area contributed by atoms with Crippen molar-refractivity contribution < 1.29 is 38.1 Å². The Morgan fingerprint density at radius 2 is 1.05 bits per heavy atom. The fourth-order valence-corrected chi connectivity index (χ4v) is 5.28. The number of hydrogen-bond donors (Lipinski definition) is 0. The Bertz CT molecular complexity index is 1430. The molecule has 43 heavy (non-hydrogen) atoms. The highest BCUT2D eigenvalue weighted by Gasteiger charge is 2.43. The number of rotatable bonds is 14. The lowest BCUT2D eigenvalue weighted by Crippen LogP contribution is -2.29. The summed E-state index contributed by atoms with van der Waals surface area (Å²) in [6.07, 6.45) is 7.78. The van der Waals surface area contributed by atoms with Gasteiger partial charge in [0.05, 0.1) is 24.4 Å². The Hall–Kier alpha value is -4.20. The van der Waals surface area contributed by atoms with Crippen molar-refractivity contribution in [2.75, 3.05) is 13.2 Å². The molecular formula is C35H40O8. The van der Waals surface area contributed by atoms with Gasteiger partial charge in [0.25, 0.3) is 0 Å². The molecule has 0 bridgehead atoms. The van der Waals surface area contributed by atoms with Gasteiger partial charge < -0.3 is 18.9 Å². The minimum atomic E-state index is -0.978. The van der Waals surface area contributed by atoms with Crippen LogP contribution in [0.4, 0.5) is 9.59 Å². The van der Waals surface area contributed by atoms with Crippen LogP contribution >= 0.6 is 0 Å². The van der Waals surface area contributed by atoms with Gasteiger partial charge in [0, 0.05) is 22.3 Å². The Labute approximate surface area is 253 Å². The van der Waals surface area contributed by atoms with Gasteiger partial charge in [-0.1, -0.05) is 107 Å². The molecule has 2 aliphatic rings. The number of benzene rings is 2. The van der Waals surface area contributed by atoms with E-state index in [0.717, 1.165) is 56.9 Å². The quantitative estimate of drug-likeness (QED) is 0.159. The van der Waals surface area contributed by atoms with Gasteiger partial charge in [0.15, 0.2) is 23.1 Å². The van der Waals surface area contributed by atoms with E-state index in [4.69, 9.17) is 18.9 Å². The first kappa shape index (κ1) is 31.7. The molecule has 0 aliphatic heterocycles. The van der Waals surface area contributed by atoms with Gasteiger partial charge in [0.1, 0.15) is 0 Å². The summed E-state index contributed by atoms with van der Waals surface area (Å²) in [5, 5.41) is 0. The normalized spacial score (nSPS) is 13.7. The van der Waals surface area contributed by atoms with E-state index in [1.807, 2.05) is 6.92 Å². The van der Waals surface area contributed by atoms with Gasteiger partial charge in [-0.25, -0.2) is 9.59 Å². The third-order valence-corrected chi connectivity index (χ3v) is 7.55. The van der Waals surface area contributed by atoms with Crippen molar-refractivity contribution >= 4 is 35.4 Å². The number of ether oxygens (including phenoxy) is 4. The van der Waals surface area contributed by atoms with E-state index in [2.05, 4.69) is 13.8 Å². The summed E-state index contributed by atoms with van der Waals surface area (Å²) >= 11 is 0. The van der Waals surface area contributed by atoms with E-state index in [1.54, 1.807) is 42.5 Å². The third-order valence-electron chi connectivity index (χ3n) is 7.55. The number of ketones is 2. The van der Waals surface area contributed by atoms with Crippen molar-refractivity contribution in [2.24, 2.45) is 0 Å². The summed E-state index contributed by atoms with van der Waals surface area (Å²) in [5.41, 5.74) is 1.50. The lowest BCUT2D eigenvalue weighted by molar-refractivity contribution is 0.0841. The lowest BCUT2D eigenvalue weighted by atomic mass is 9.76. The Kier molecular flexibility index (Phi) is 11.3. The Morgan fingerprint density at radius 1 is 0.581 bits per heavy atom. The van der Waals surface area contributed by atoms with Crippen LogP contribution in [-0.4, -0.2) is 37.1 Å². The number of carbonyl (C=O) groups excluding carboxylic acids is 4. The van der Waals surface area contributed by atoms with Crippen molar-refractivity contribution in [3.63, 3.8) is 0 Å². The number of hydrogen-bond acceptors (Lipinski definition) is 8. The minimum Gasteiger partial charge on any atom is -0.434 e. The maximum atomic E-state index is 14.0. The van der Waals surface area contributed by atoms with Gasteiger partial charge in [-0.2, -0.15) is 0 Å². The number of aryl methyl sites for hydroxylation is 1. The number of unbranched alkanes of at least 4 members (excludes halogenated alkanes) is 8. The maximum Gasteiger partial charge on any atom is 0.513 e. The van der Waals surface area contributed by atoms with Crippen LogP contribution in [0.25, 0.3) is 11.5 Å². The first-order chi connectivity index (χ1) is 20.9. The average Bonchev–Trinajstić information content (AvgIpc) is 3.00. The van der Waals surface area contributed by atoms with Crippen LogP contribution in [0.2, 0.25) is 0 Å². The van der Waals surface area contributed by atoms with Crippen molar-refractivity contribution in [1.82, 2.24) is 0 Å². The van der Waals surface area contributed by atoms with Gasteiger partial charge in [-0.15, -0.1) is 0 Å². The molecule has 0 N–H and O–H groups in total. The molecule has 4 rings (SSSR count). The van der Waals surface area contributed by atoms with Crippen molar-refractivity contribution in [1.29, 1.82) is 0 Å². The smallest absolute Gasteiger partial charge is 0.434 e. The SMILES string of the molecule is CCCCCCCOC(=O)OC1=C2C(=O)c3ccc(C)cc3C(OC(=O)OCCCCCCC)=C2C(=O)c2ccccc21. The number of allylic oxidation sites excluding steroid dienone is 2. The molecule has 2 aromatic carbocycles. The Balaban J connectivity index is 1.69. The molecule has 0 aromatic heterocycles. The second-order valence-electron chi connectivity index (χ2n) is 10.9. The molecule has 0 saturated heterocycles. The summed E-state index contributed by atoms with van der Waals surface area (Å²) in [7, 11) is 0. The van der Waals surface area contributed by atoms with E-state index < -0.39 is 23.9 Å². The van der Waals surface area contributed by atoms with E-state index in [0.29, 0.717) is 18.4 Å². The zero-order valence-electron chi connectivity index (χ0n) is 25.3. The topological polar surface area (TPSA) is 105 Å². The largest absolute Gasteiger partial charge is 0.513 e. The molecule has 8 heteroatoms. The summed E-state index contributed by atoms with van der Waals surface area (Å²) in [6, 6.07) is 11.6. The van der Waals surface area contributed by atoms with Crippen LogP contribution in [0, 0.1) is 6.92 Å². The molecule has 0 heterocycles. The number of carbonyl (C=O) groups is 4. The summed E-state index contributed by atoms with van der Waals surface area (Å²) < 4.78 is 22.0. The highest BCUT2D eigenvalue weighted by Crippen LogP contribution is 2.45. The highest BCUT2D eigenvalue weighted by atomic mass is 16.7. The monoisotopic (exact) mass is 588 g/mol. The second-order valence-corrected chi connectivity index (χ2v) is 10.9. The second kappa shape index (κ2) is 15.3. The maximum absolute atomic E-state index is 14.0. The molecule has 0 fully saturated rings. The molecule has 2 aromatic rings. The summed E-state index contributed by atoms with van der Waals surface area (Å²) in [5.74, 6) is -1.26. The fourth-order valence-electron chi connectivity index (χ4n) is 5.28. The van der Waals surface area contributed by atoms with Crippen LogP contribution in [0.15, 0.2) is 53.6 Å². The third kappa shape index (κ3) is 7.61. The van der Waals surface area contributed by atoms with Crippen molar-refractivity contribution in [3.05, 3.63) is 81.4 Å². The van der Waals surface area contributed by atoms with Crippen LogP contribution in [0.1, 0.15) is 115 Å². The van der Waals surface area contributed by atoms with Gasteiger partial charge in [0.2, 0.25) is 0 Å². The highest BCUT2D eigenvalue weighted by molar-refractivity contribution is 6.34. The summed E-state index contributed by atoms with van der Waals surface area (Å²) in [6.45, 7) is 6.42. The van der Waals surface area contributed by atoms with Crippen LogP contribution in [0.5, 0.6) is 0 Å². The van der Waals surface area contributed by atoms with Crippen LogP contribution < -0.4 is 0 Å². The molecule has 2 aliphatic carbocycles. The minimum absolute atomic E-state index is 0.103. The van der Waals surface area contributed by atoms with E-state index in [9.17, 15) is 19.2 Å². The predicted molar refractivity (Wildman–Crippen MR) is 163 cm³/mol.